The average molecular weight is 266 g/mol. The predicted molar refractivity (Wildman–Crippen MR) is 75.4 cm³/mol. The van der Waals surface area contributed by atoms with Crippen LogP contribution in [0.25, 0.3) is 0 Å². The molecule has 0 N–H and O–H groups in total. The maximum absolute atomic E-state index is 11.0. The van der Waals surface area contributed by atoms with Gasteiger partial charge >= 0.3 is 6.16 Å². The highest BCUT2D eigenvalue weighted by molar-refractivity contribution is 6.75. The summed E-state index contributed by atoms with van der Waals surface area (Å²) in [7, 11) is 0.131. The van der Waals surface area contributed by atoms with Crippen molar-refractivity contribution in [2.45, 2.75) is 39.2 Å². The zero-order chi connectivity index (χ0) is 13.8. The van der Waals surface area contributed by atoms with Crippen molar-refractivity contribution in [2.24, 2.45) is 0 Å². The van der Waals surface area contributed by atoms with Gasteiger partial charge in [0.15, 0.2) is 0 Å². The van der Waals surface area contributed by atoms with Gasteiger partial charge in [0.05, 0.1) is 7.11 Å². The molecule has 0 fully saturated rings. The lowest BCUT2D eigenvalue weighted by atomic mass is 10.1. The van der Waals surface area contributed by atoms with E-state index in [9.17, 15) is 4.79 Å². The number of carbonyl (C=O) groups excluding carboxylic acids is 1. The molecule has 1 rings (SSSR count). The van der Waals surface area contributed by atoms with E-state index in [2.05, 4.69) is 37.4 Å². The molecule has 0 unspecified atom stereocenters. The molecule has 0 aliphatic carbocycles. The maximum Gasteiger partial charge on any atom is 0.508 e. The van der Waals surface area contributed by atoms with Gasteiger partial charge in [-0.25, -0.2) is 4.79 Å². The molecule has 0 saturated heterocycles. The van der Waals surface area contributed by atoms with Crippen LogP contribution in [0.3, 0.4) is 0 Å². The summed E-state index contributed by atoms with van der Waals surface area (Å²) in [5.41, 5.74) is 3.61. The summed E-state index contributed by atoms with van der Waals surface area (Å²) in [5.74, 6) is 0. The Morgan fingerprint density at radius 3 is 2.44 bits per heavy atom. The first-order valence-electron chi connectivity index (χ1n) is 6.11. The molecule has 4 heteroatoms. The molecule has 0 aromatic heterocycles. The van der Waals surface area contributed by atoms with Crippen molar-refractivity contribution >= 4 is 14.2 Å². The zero-order valence-electron chi connectivity index (χ0n) is 11.9. The van der Waals surface area contributed by atoms with Crippen LogP contribution in [0.15, 0.2) is 18.2 Å². The molecule has 0 heterocycles. The van der Waals surface area contributed by atoms with E-state index < -0.39 is 14.2 Å². The van der Waals surface area contributed by atoms with Gasteiger partial charge in [0, 0.05) is 8.07 Å². The third kappa shape index (κ3) is 4.92. The molecule has 18 heavy (non-hydrogen) atoms. The van der Waals surface area contributed by atoms with Crippen molar-refractivity contribution in [3.8, 4) is 0 Å². The summed E-state index contributed by atoms with van der Waals surface area (Å²) in [6, 6.07) is 7.36. The van der Waals surface area contributed by atoms with Crippen LogP contribution in [-0.4, -0.2) is 21.3 Å². The van der Waals surface area contributed by atoms with Crippen LogP contribution in [0, 0.1) is 6.92 Å². The van der Waals surface area contributed by atoms with E-state index >= 15 is 0 Å². The fourth-order valence-electron chi connectivity index (χ4n) is 1.83. The highest BCUT2D eigenvalue weighted by Gasteiger charge is 2.17. The molecule has 0 aliphatic rings. The van der Waals surface area contributed by atoms with Gasteiger partial charge in [-0.2, -0.15) is 0 Å². The number of methoxy groups -OCH3 is 1. The third-order valence-electron chi connectivity index (χ3n) is 2.59. The Balaban J connectivity index is 2.86. The number of hydrogen-bond donors (Lipinski definition) is 0. The van der Waals surface area contributed by atoms with Crippen LogP contribution in [0.5, 0.6) is 0 Å². The maximum atomic E-state index is 11.0. The summed E-state index contributed by atoms with van der Waals surface area (Å²) in [6.07, 6.45) is -0.630. The highest BCUT2D eigenvalue weighted by Crippen LogP contribution is 2.19. The van der Waals surface area contributed by atoms with E-state index in [1.165, 1.54) is 18.2 Å². The Kier molecular flexibility index (Phi) is 4.96. The van der Waals surface area contributed by atoms with Gasteiger partial charge in [-0.15, -0.1) is 0 Å². The molecular weight excluding hydrogens is 244 g/mol. The van der Waals surface area contributed by atoms with Crippen molar-refractivity contribution in [1.29, 1.82) is 0 Å². The standard InChI is InChI=1S/C14H22O3Si/c1-11-6-7-12(9-17-14(15)16-2)13(8-11)10-18(3,4)5/h6-8H,9-10H2,1-5H3. The molecule has 100 valence electrons. The first-order chi connectivity index (χ1) is 8.31. The van der Waals surface area contributed by atoms with E-state index in [0.29, 0.717) is 0 Å². The van der Waals surface area contributed by atoms with Crippen molar-refractivity contribution in [1.82, 2.24) is 0 Å². The quantitative estimate of drug-likeness (QED) is 0.616. The highest BCUT2D eigenvalue weighted by atomic mass is 28.3. The smallest absolute Gasteiger partial charge is 0.438 e. The molecule has 0 spiro atoms. The zero-order valence-corrected chi connectivity index (χ0v) is 12.9. The van der Waals surface area contributed by atoms with Crippen LogP contribution in [0.2, 0.25) is 19.6 Å². The topological polar surface area (TPSA) is 35.5 Å². The first-order valence-corrected chi connectivity index (χ1v) is 9.82. The molecule has 0 radical (unpaired) electrons. The minimum absolute atomic E-state index is 0.284. The molecule has 1 aromatic carbocycles. The molecular formula is C14H22O3Si. The van der Waals surface area contributed by atoms with Crippen molar-refractivity contribution in [3.63, 3.8) is 0 Å². The summed E-state index contributed by atoms with van der Waals surface area (Å²) in [6.45, 7) is 9.37. The lowest BCUT2D eigenvalue weighted by Crippen LogP contribution is -2.25. The van der Waals surface area contributed by atoms with Gasteiger partial charge < -0.3 is 9.47 Å². The summed E-state index contributed by atoms with van der Waals surface area (Å²) in [5, 5.41) is 0. The average Bonchev–Trinajstić information content (AvgIpc) is 2.25. The lowest BCUT2D eigenvalue weighted by molar-refractivity contribution is 0.0667. The normalized spacial score (nSPS) is 11.2. The number of aryl methyl sites for hydroxylation is 1. The van der Waals surface area contributed by atoms with Gasteiger partial charge in [0.25, 0.3) is 0 Å². The number of rotatable bonds is 4. The van der Waals surface area contributed by atoms with Crippen LogP contribution < -0.4 is 0 Å². The van der Waals surface area contributed by atoms with Crippen molar-refractivity contribution in [2.75, 3.05) is 7.11 Å². The van der Waals surface area contributed by atoms with Crippen LogP contribution >= 0.6 is 0 Å². The molecule has 1 aromatic rings. The second kappa shape index (κ2) is 6.04. The Morgan fingerprint density at radius 2 is 1.89 bits per heavy atom. The van der Waals surface area contributed by atoms with E-state index in [1.54, 1.807) is 0 Å². The monoisotopic (exact) mass is 266 g/mol. The first kappa shape index (κ1) is 14.8. The van der Waals surface area contributed by atoms with Crippen molar-refractivity contribution < 1.29 is 14.3 Å². The summed E-state index contributed by atoms with van der Waals surface area (Å²) < 4.78 is 9.51. The predicted octanol–water partition coefficient (Wildman–Crippen LogP) is 3.70. The van der Waals surface area contributed by atoms with Gasteiger partial charge in [0.1, 0.15) is 6.61 Å². The third-order valence-corrected chi connectivity index (χ3v) is 4.04. The molecule has 3 nitrogen and oxygen atoms in total. The molecule has 0 bridgehead atoms. The van der Waals surface area contributed by atoms with Crippen molar-refractivity contribution in [3.05, 3.63) is 34.9 Å². The number of carbonyl (C=O) groups is 1. The number of hydrogen-bond acceptors (Lipinski definition) is 3. The van der Waals surface area contributed by atoms with E-state index in [0.717, 1.165) is 11.6 Å². The SMILES string of the molecule is COC(=O)OCc1ccc(C)cc1C[Si](C)(C)C. The molecule has 0 aliphatic heterocycles. The number of ether oxygens (including phenoxy) is 2. The fourth-order valence-corrected chi connectivity index (χ4v) is 3.30. The molecule has 0 saturated carbocycles. The number of benzene rings is 1. The van der Waals surface area contributed by atoms with Crippen LogP contribution in [0.4, 0.5) is 4.79 Å². The molecule has 0 amide bonds. The summed E-state index contributed by atoms with van der Waals surface area (Å²) in [4.78, 5) is 11.0. The Hall–Kier alpha value is -1.29. The van der Waals surface area contributed by atoms with Gasteiger partial charge in [-0.1, -0.05) is 43.4 Å². The van der Waals surface area contributed by atoms with E-state index in [4.69, 9.17) is 4.74 Å². The Labute approximate surface area is 110 Å². The van der Waals surface area contributed by atoms with Crippen LogP contribution in [0.1, 0.15) is 16.7 Å². The van der Waals surface area contributed by atoms with Gasteiger partial charge in [0.2, 0.25) is 0 Å². The molecule has 0 atom stereocenters. The minimum Gasteiger partial charge on any atom is -0.438 e. The second-order valence-corrected chi connectivity index (χ2v) is 11.2. The Bertz CT molecular complexity index is 422. The fraction of sp³-hybridized carbons (Fsp3) is 0.500. The van der Waals surface area contributed by atoms with Gasteiger partial charge in [-0.05, 0) is 24.1 Å². The van der Waals surface area contributed by atoms with Gasteiger partial charge in [-0.3, -0.25) is 0 Å². The van der Waals surface area contributed by atoms with E-state index in [-0.39, 0.29) is 6.61 Å². The largest absolute Gasteiger partial charge is 0.508 e. The minimum atomic E-state index is -1.19. The second-order valence-electron chi connectivity index (χ2n) is 5.75. The lowest BCUT2D eigenvalue weighted by Gasteiger charge is -2.19. The van der Waals surface area contributed by atoms with Crippen LogP contribution in [-0.2, 0) is 22.1 Å². The summed E-state index contributed by atoms with van der Waals surface area (Å²) >= 11 is 0. The Morgan fingerprint density at radius 1 is 1.22 bits per heavy atom. The van der Waals surface area contributed by atoms with E-state index in [1.807, 2.05) is 12.1 Å².